The Morgan fingerprint density at radius 3 is 3.00 bits per heavy atom. The van der Waals surface area contributed by atoms with Crippen LogP contribution in [0.2, 0.25) is 0 Å². The van der Waals surface area contributed by atoms with Crippen LogP contribution in [0.5, 0.6) is 11.5 Å². The molecule has 7 heteroatoms. The van der Waals surface area contributed by atoms with Crippen LogP contribution in [0.25, 0.3) is 10.9 Å². The molecule has 1 aromatic carbocycles. The van der Waals surface area contributed by atoms with Gasteiger partial charge in [-0.05, 0) is 6.07 Å². The van der Waals surface area contributed by atoms with E-state index in [1.54, 1.807) is 0 Å². The van der Waals surface area contributed by atoms with E-state index in [0.29, 0.717) is 29.9 Å². The van der Waals surface area contributed by atoms with Gasteiger partial charge in [0.15, 0.2) is 11.5 Å². The Balaban J connectivity index is 2.06. The Labute approximate surface area is 119 Å². The molecule has 0 spiro atoms. The van der Waals surface area contributed by atoms with Gasteiger partial charge >= 0.3 is 5.97 Å². The lowest BCUT2D eigenvalue weighted by atomic mass is 10.2. The first-order valence-corrected chi connectivity index (χ1v) is 6.58. The molecular formula is C14H14N2O5. The number of H-pyrrole nitrogens is 1. The molecule has 7 nitrogen and oxygen atoms in total. The number of rotatable bonds is 3. The highest BCUT2D eigenvalue weighted by Crippen LogP contribution is 2.32. The van der Waals surface area contributed by atoms with Crippen LogP contribution >= 0.6 is 0 Å². The number of carbonyl (C=O) groups is 1. The second-order valence-corrected chi connectivity index (χ2v) is 4.74. The zero-order chi connectivity index (χ0) is 14.8. The van der Waals surface area contributed by atoms with Gasteiger partial charge in [0.2, 0.25) is 0 Å². The molecule has 0 radical (unpaired) electrons. The predicted octanol–water partition coefficient (Wildman–Crippen LogP) is 1.02. The molecule has 1 atom stereocenters. The van der Waals surface area contributed by atoms with Crippen LogP contribution in [0, 0.1) is 0 Å². The van der Waals surface area contributed by atoms with E-state index in [9.17, 15) is 9.59 Å². The molecule has 1 aromatic heterocycles. The maximum Gasteiger partial charge on any atom is 0.308 e. The molecule has 1 unspecified atom stereocenters. The van der Waals surface area contributed by atoms with Crippen molar-refractivity contribution in [2.45, 2.75) is 19.4 Å². The summed E-state index contributed by atoms with van der Waals surface area (Å²) in [6.45, 7) is 2.40. The molecule has 0 aliphatic carbocycles. The maximum absolute atomic E-state index is 11.8. The third-order valence-corrected chi connectivity index (χ3v) is 3.14. The standard InChI is InChI=1S/C14H14N2O5/c1-8(17)20-13-5-11-10(14(18)16-7-15-11)4-12(13)21-9-2-3-19-6-9/h4-5,7,9H,2-3,6H2,1H3,(H,15,16,18). The highest BCUT2D eigenvalue weighted by atomic mass is 16.6. The Morgan fingerprint density at radius 1 is 1.43 bits per heavy atom. The minimum absolute atomic E-state index is 0.118. The van der Waals surface area contributed by atoms with E-state index in [2.05, 4.69) is 9.97 Å². The van der Waals surface area contributed by atoms with Crippen LogP contribution < -0.4 is 15.0 Å². The number of hydrogen-bond donors (Lipinski definition) is 1. The molecule has 2 heterocycles. The number of hydrogen-bond acceptors (Lipinski definition) is 6. The molecule has 21 heavy (non-hydrogen) atoms. The summed E-state index contributed by atoms with van der Waals surface area (Å²) in [6, 6.07) is 3.06. The van der Waals surface area contributed by atoms with E-state index in [0.717, 1.165) is 6.42 Å². The molecule has 3 rings (SSSR count). The number of benzene rings is 1. The molecule has 1 N–H and O–H groups in total. The minimum Gasteiger partial charge on any atom is -0.484 e. The van der Waals surface area contributed by atoms with E-state index in [1.165, 1.54) is 25.4 Å². The fourth-order valence-corrected chi connectivity index (χ4v) is 2.19. The maximum atomic E-state index is 11.8. The Hall–Kier alpha value is -2.41. The molecule has 1 aliphatic rings. The molecule has 0 amide bonds. The van der Waals surface area contributed by atoms with Crippen LogP contribution in [0.1, 0.15) is 13.3 Å². The average Bonchev–Trinajstić information content (AvgIpc) is 2.93. The normalized spacial score (nSPS) is 17.9. The lowest BCUT2D eigenvalue weighted by molar-refractivity contribution is -0.132. The summed E-state index contributed by atoms with van der Waals surface area (Å²) in [5.74, 6) is 0.124. The van der Waals surface area contributed by atoms with Crippen LogP contribution in [0.4, 0.5) is 0 Å². The number of nitrogens with one attached hydrogen (secondary N) is 1. The topological polar surface area (TPSA) is 90.5 Å². The summed E-state index contributed by atoms with van der Waals surface area (Å²) >= 11 is 0. The van der Waals surface area contributed by atoms with Gasteiger partial charge in [-0.25, -0.2) is 4.98 Å². The van der Waals surface area contributed by atoms with Gasteiger partial charge in [-0.2, -0.15) is 0 Å². The van der Waals surface area contributed by atoms with Crippen molar-refractivity contribution < 1.29 is 19.0 Å². The first-order chi connectivity index (χ1) is 10.1. The number of fused-ring (bicyclic) bond motifs is 1. The molecule has 0 bridgehead atoms. The van der Waals surface area contributed by atoms with Gasteiger partial charge < -0.3 is 19.2 Å². The van der Waals surface area contributed by atoms with Crippen LogP contribution in [-0.4, -0.2) is 35.3 Å². The van der Waals surface area contributed by atoms with Crippen LogP contribution in [0.15, 0.2) is 23.3 Å². The summed E-state index contributed by atoms with van der Waals surface area (Å²) in [5.41, 5.74) is 0.159. The second kappa shape index (κ2) is 5.53. The Bertz CT molecular complexity index is 734. The summed E-state index contributed by atoms with van der Waals surface area (Å²) in [5, 5.41) is 0.377. The summed E-state index contributed by atoms with van der Waals surface area (Å²) in [7, 11) is 0. The van der Waals surface area contributed by atoms with Gasteiger partial charge in [0, 0.05) is 19.4 Å². The Morgan fingerprint density at radius 2 is 2.29 bits per heavy atom. The molecule has 110 valence electrons. The summed E-state index contributed by atoms with van der Waals surface area (Å²) in [4.78, 5) is 29.6. The molecule has 1 aliphatic heterocycles. The number of aromatic amines is 1. The van der Waals surface area contributed by atoms with E-state index in [-0.39, 0.29) is 17.4 Å². The van der Waals surface area contributed by atoms with E-state index >= 15 is 0 Å². The summed E-state index contributed by atoms with van der Waals surface area (Å²) < 4.78 is 16.2. The van der Waals surface area contributed by atoms with Gasteiger partial charge in [-0.1, -0.05) is 0 Å². The Kier molecular flexibility index (Phi) is 3.57. The van der Waals surface area contributed by atoms with Crippen LogP contribution in [-0.2, 0) is 9.53 Å². The first-order valence-electron chi connectivity index (χ1n) is 6.58. The third kappa shape index (κ3) is 2.87. The van der Waals surface area contributed by atoms with Crippen molar-refractivity contribution >= 4 is 16.9 Å². The van der Waals surface area contributed by atoms with Crippen molar-refractivity contribution in [1.82, 2.24) is 9.97 Å². The van der Waals surface area contributed by atoms with Crippen molar-refractivity contribution in [3.8, 4) is 11.5 Å². The number of esters is 1. The van der Waals surface area contributed by atoms with Crippen molar-refractivity contribution in [3.63, 3.8) is 0 Å². The fraction of sp³-hybridized carbons (Fsp3) is 0.357. The monoisotopic (exact) mass is 290 g/mol. The van der Waals surface area contributed by atoms with Crippen molar-refractivity contribution in [2.75, 3.05) is 13.2 Å². The van der Waals surface area contributed by atoms with Gasteiger partial charge in [-0.3, -0.25) is 9.59 Å². The van der Waals surface area contributed by atoms with Gasteiger partial charge in [-0.15, -0.1) is 0 Å². The first kappa shape index (κ1) is 13.6. The summed E-state index contributed by atoms with van der Waals surface area (Å²) in [6.07, 6.45) is 1.93. The SMILES string of the molecule is CC(=O)Oc1cc2nc[nH]c(=O)c2cc1OC1CCOC1. The average molecular weight is 290 g/mol. The molecule has 1 saturated heterocycles. The number of carbonyl (C=O) groups excluding carboxylic acids is 1. The molecule has 2 aromatic rings. The van der Waals surface area contributed by atoms with E-state index < -0.39 is 5.97 Å². The lowest BCUT2D eigenvalue weighted by Crippen LogP contribution is -2.17. The zero-order valence-electron chi connectivity index (χ0n) is 11.4. The van der Waals surface area contributed by atoms with Crippen molar-refractivity contribution in [2.24, 2.45) is 0 Å². The zero-order valence-corrected chi connectivity index (χ0v) is 11.4. The minimum atomic E-state index is -0.466. The predicted molar refractivity (Wildman–Crippen MR) is 73.5 cm³/mol. The quantitative estimate of drug-likeness (QED) is 0.670. The molecule has 1 fully saturated rings. The molecular weight excluding hydrogens is 276 g/mol. The van der Waals surface area contributed by atoms with Gasteiger partial charge in [0.1, 0.15) is 6.10 Å². The largest absolute Gasteiger partial charge is 0.484 e. The van der Waals surface area contributed by atoms with Gasteiger partial charge in [0.05, 0.1) is 30.4 Å². The highest BCUT2D eigenvalue weighted by Gasteiger charge is 2.20. The second-order valence-electron chi connectivity index (χ2n) is 4.74. The lowest BCUT2D eigenvalue weighted by Gasteiger charge is -2.15. The van der Waals surface area contributed by atoms with Crippen molar-refractivity contribution in [1.29, 1.82) is 0 Å². The van der Waals surface area contributed by atoms with Crippen molar-refractivity contribution in [3.05, 3.63) is 28.8 Å². The smallest absolute Gasteiger partial charge is 0.308 e. The number of ether oxygens (including phenoxy) is 3. The molecule has 0 saturated carbocycles. The highest BCUT2D eigenvalue weighted by molar-refractivity contribution is 5.83. The van der Waals surface area contributed by atoms with Gasteiger partial charge in [0.25, 0.3) is 5.56 Å². The fourth-order valence-electron chi connectivity index (χ4n) is 2.19. The van der Waals surface area contributed by atoms with Crippen LogP contribution in [0.3, 0.4) is 0 Å². The van der Waals surface area contributed by atoms with E-state index in [4.69, 9.17) is 14.2 Å². The number of nitrogens with zero attached hydrogens (tertiary/aromatic N) is 1. The van der Waals surface area contributed by atoms with E-state index in [1.807, 2.05) is 0 Å². The number of aromatic nitrogens is 2. The third-order valence-electron chi connectivity index (χ3n) is 3.14.